The summed E-state index contributed by atoms with van der Waals surface area (Å²) in [7, 11) is 1.56. The second-order valence-corrected chi connectivity index (χ2v) is 4.03. The van der Waals surface area contributed by atoms with Crippen molar-refractivity contribution >= 4 is 11.8 Å². The highest BCUT2D eigenvalue weighted by Crippen LogP contribution is 2.10. The number of nitrogens with one attached hydrogen (secondary N) is 3. The maximum Gasteiger partial charge on any atom is 0.269 e. The quantitative estimate of drug-likeness (QED) is 0.641. The largest absolute Gasteiger partial charge is 0.497 e. The van der Waals surface area contributed by atoms with Gasteiger partial charge in [0.15, 0.2) is 0 Å². The van der Waals surface area contributed by atoms with Crippen molar-refractivity contribution in [1.82, 2.24) is 16.2 Å². The molecule has 0 radical (unpaired) electrons. The van der Waals surface area contributed by atoms with E-state index in [4.69, 9.17) is 4.74 Å². The molecule has 0 spiro atoms. The molecule has 1 aromatic rings. The number of hydrazine groups is 1. The lowest BCUT2D eigenvalue weighted by atomic mass is 10.0. The highest BCUT2D eigenvalue weighted by molar-refractivity contribution is 5.95. The maximum absolute atomic E-state index is 11.7. The maximum atomic E-state index is 11.7. The molecule has 0 aromatic heterocycles. The normalized spacial score (nSPS) is 14.5. The molecule has 1 aromatic carbocycles. The molecule has 0 aliphatic carbocycles. The van der Waals surface area contributed by atoms with E-state index in [2.05, 4.69) is 16.2 Å². The Labute approximate surface area is 105 Å². The van der Waals surface area contributed by atoms with Gasteiger partial charge in [0.1, 0.15) is 5.75 Å². The lowest BCUT2D eigenvalue weighted by molar-refractivity contribution is -0.127. The average molecular weight is 249 g/mol. The van der Waals surface area contributed by atoms with Crippen LogP contribution in [0, 0.1) is 5.92 Å². The molecular weight excluding hydrogens is 234 g/mol. The number of carbonyl (C=O) groups excluding carboxylic acids is 2. The monoisotopic (exact) mass is 249 g/mol. The highest BCUT2D eigenvalue weighted by Gasteiger charge is 2.24. The molecule has 0 bridgehead atoms. The van der Waals surface area contributed by atoms with Crippen molar-refractivity contribution in [3.63, 3.8) is 0 Å². The first kappa shape index (κ1) is 12.4. The fraction of sp³-hybridized carbons (Fsp3) is 0.333. The van der Waals surface area contributed by atoms with Crippen LogP contribution in [0.15, 0.2) is 24.3 Å². The van der Waals surface area contributed by atoms with Gasteiger partial charge in [-0.1, -0.05) is 0 Å². The molecule has 2 amide bonds. The number of benzene rings is 1. The number of ether oxygens (including phenoxy) is 1. The molecule has 96 valence electrons. The molecular formula is C12H15N3O3. The van der Waals surface area contributed by atoms with Crippen molar-refractivity contribution in [3.05, 3.63) is 29.8 Å². The summed E-state index contributed by atoms with van der Waals surface area (Å²) >= 11 is 0. The summed E-state index contributed by atoms with van der Waals surface area (Å²) in [6, 6.07) is 6.63. The molecule has 1 saturated heterocycles. The van der Waals surface area contributed by atoms with E-state index in [1.54, 1.807) is 31.4 Å². The topological polar surface area (TPSA) is 79.5 Å². The van der Waals surface area contributed by atoms with Gasteiger partial charge in [0.05, 0.1) is 13.0 Å². The Morgan fingerprint density at radius 1 is 1.22 bits per heavy atom. The van der Waals surface area contributed by atoms with Gasteiger partial charge in [-0.05, 0) is 24.3 Å². The van der Waals surface area contributed by atoms with Crippen molar-refractivity contribution in [2.75, 3.05) is 20.2 Å². The Morgan fingerprint density at radius 3 is 2.39 bits per heavy atom. The van der Waals surface area contributed by atoms with Crippen molar-refractivity contribution in [2.45, 2.75) is 0 Å². The SMILES string of the molecule is COc1ccc(C(=O)NNC(=O)C2CNC2)cc1. The zero-order valence-corrected chi connectivity index (χ0v) is 10.0. The van der Waals surface area contributed by atoms with E-state index >= 15 is 0 Å². The summed E-state index contributed by atoms with van der Waals surface area (Å²) in [6.45, 7) is 1.31. The molecule has 3 N–H and O–H groups in total. The number of methoxy groups -OCH3 is 1. The van der Waals surface area contributed by atoms with Gasteiger partial charge in [0.25, 0.3) is 5.91 Å². The minimum Gasteiger partial charge on any atom is -0.497 e. The van der Waals surface area contributed by atoms with E-state index in [0.29, 0.717) is 24.4 Å². The lowest BCUT2D eigenvalue weighted by Gasteiger charge is -2.25. The van der Waals surface area contributed by atoms with Crippen LogP contribution in [0.1, 0.15) is 10.4 Å². The fourth-order valence-electron chi connectivity index (χ4n) is 1.51. The third kappa shape index (κ3) is 2.78. The van der Waals surface area contributed by atoms with Crippen LogP contribution in [0.5, 0.6) is 5.75 Å². The molecule has 6 nitrogen and oxygen atoms in total. The summed E-state index contributed by atoms with van der Waals surface area (Å²) in [5.74, 6) is 0.103. The van der Waals surface area contributed by atoms with Gasteiger partial charge in [-0.15, -0.1) is 0 Å². The second kappa shape index (κ2) is 5.50. The number of hydrogen-bond acceptors (Lipinski definition) is 4. The summed E-state index contributed by atoms with van der Waals surface area (Å²) in [4.78, 5) is 23.2. The van der Waals surface area contributed by atoms with E-state index in [9.17, 15) is 9.59 Å². The lowest BCUT2D eigenvalue weighted by Crippen LogP contribution is -2.54. The third-order valence-corrected chi connectivity index (χ3v) is 2.80. The van der Waals surface area contributed by atoms with E-state index in [-0.39, 0.29) is 17.7 Å². The van der Waals surface area contributed by atoms with Crippen LogP contribution < -0.4 is 20.9 Å². The van der Waals surface area contributed by atoms with Crippen molar-refractivity contribution in [1.29, 1.82) is 0 Å². The zero-order valence-electron chi connectivity index (χ0n) is 10.0. The Kier molecular flexibility index (Phi) is 3.78. The Bertz CT molecular complexity index is 440. The molecule has 0 atom stereocenters. The van der Waals surface area contributed by atoms with E-state index < -0.39 is 0 Å². The van der Waals surface area contributed by atoms with Gasteiger partial charge >= 0.3 is 0 Å². The van der Waals surface area contributed by atoms with Gasteiger partial charge < -0.3 is 10.1 Å². The molecule has 2 rings (SSSR count). The first-order chi connectivity index (χ1) is 8.70. The summed E-state index contributed by atoms with van der Waals surface area (Å²) in [5.41, 5.74) is 5.24. The van der Waals surface area contributed by atoms with Crippen LogP contribution in [0.3, 0.4) is 0 Å². The molecule has 1 aliphatic heterocycles. The third-order valence-electron chi connectivity index (χ3n) is 2.80. The molecule has 0 unspecified atom stereocenters. The molecule has 6 heteroatoms. The van der Waals surface area contributed by atoms with Gasteiger partial charge in [-0.25, -0.2) is 0 Å². The smallest absolute Gasteiger partial charge is 0.269 e. The average Bonchev–Trinajstić information content (AvgIpc) is 2.34. The molecule has 1 aliphatic rings. The van der Waals surface area contributed by atoms with Crippen LogP contribution in [0.2, 0.25) is 0 Å². The van der Waals surface area contributed by atoms with Gasteiger partial charge in [0.2, 0.25) is 5.91 Å². The first-order valence-electron chi connectivity index (χ1n) is 5.65. The standard InChI is InChI=1S/C12H15N3O3/c1-18-10-4-2-8(3-5-10)11(16)14-15-12(17)9-6-13-7-9/h2-5,9,13H,6-7H2,1H3,(H,14,16)(H,15,17). The van der Waals surface area contributed by atoms with Crippen LogP contribution in [-0.4, -0.2) is 32.0 Å². The number of carbonyl (C=O) groups is 2. The van der Waals surface area contributed by atoms with Crippen molar-refractivity contribution in [3.8, 4) is 5.75 Å². The predicted molar refractivity (Wildman–Crippen MR) is 65.0 cm³/mol. The van der Waals surface area contributed by atoms with Gasteiger partial charge in [0, 0.05) is 18.7 Å². The van der Waals surface area contributed by atoms with Crippen molar-refractivity contribution < 1.29 is 14.3 Å². The minimum atomic E-state index is -0.349. The van der Waals surface area contributed by atoms with E-state index in [1.807, 2.05) is 0 Å². The van der Waals surface area contributed by atoms with Crippen molar-refractivity contribution in [2.24, 2.45) is 5.92 Å². The van der Waals surface area contributed by atoms with Gasteiger partial charge in [-0.3, -0.25) is 20.4 Å². The molecule has 0 saturated carbocycles. The van der Waals surface area contributed by atoms with Crippen LogP contribution in [0.25, 0.3) is 0 Å². The second-order valence-electron chi connectivity index (χ2n) is 4.03. The van der Waals surface area contributed by atoms with E-state index in [0.717, 1.165) is 0 Å². The predicted octanol–water partition coefficient (Wildman–Crippen LogP) is -0.324. The minimum absolute atomic E-state index is 0.0545. The Hall–Kier alpha value is -2.08. The summed E-state index contributed by atoms with van der Waals surface area (Å²) in [5, 5.41) is 2.99. The van der Waals surface area contributed by atoms with E-state index in [1.165, 1.54) is 0 Å². The summed E-state index contributed by atoms with van der Waals surface area (Å²) in [6.07, 6.45) is 0. The van der Waals surface area contributed by atoms with Crippen LogP contribution in [0.4, 0.5) is 0 Å². The summed E-state index contributed by atoms with van der Waals surface area (Å²) < 4.78 is 4.99. The number of hydrogen-bond donors (Lipinski definition) is 3. The highest BCUT2D eigenvalue weighted by atomic mass is 16.5. The van der Waals surface area contributed by atoms with Crippen LogP contribution in [-0.2, 0) is 4.79 Å². The fourth-order valence-corrected chi connectivity index (χ4v) is 1.51. The Morgan fingerprint density at radius 2 is 1.89 bits per heavy atom. The molecule has 1 fully saturated rings. The molecule has 1 heterocycles. The zero-order chi connectivity index (χ0) is 13.0. The first-order valence-corrected chi connectivity index (χ1v) is 5.65. The number of amides is 2. The Balaban J connectivity index is 1.84. The number of rotatable bonds is 3. The van der Waals surface area contributed by atoms with Crippen LogP contribution >= 0.6 is 0 Å². The molecule has 18 heavy (non-hydrogen) atoms. The van der Waals surface area contributed by atoms with Gasteiger partial charge in [-0.2, -0.15) is 0 Å².